The average molecular weight is 354 g/mol. The van der Waals surface area contributed by atoms with E-state index in [-0.39, 0.29) is 11.7 Å². The fourth-order valence-electron chi connectivity index (χ4n) is 3.65. The summed E-state index contributed by atoms with van der Waals surface area (Å²) < 4.78 is 12.9. The molecule has 0 spiro atoms. The normalized spacial score (nSPS) is 19.7. The quantitative estimate of drug-likeness (QED) is 0.843. The van der Waals surface area contributed by atoms with Gasteiger partial charge in [-0.25, -0.2) is 4.39 Å². The first-order valence-corrected chi connectivity index (χ1v) is 8.96. The Labute approximate surface area is 152 Å². The number of halogens is 1. The van der Waals surface area contributed by atoms with Crippen molar-refractivity contribution in [1.29, 1.82) is 0 Å². The molecule has 2 aromatic carbocycles. The largest absolute Gasteiger partial charge is 0.366 e. The first-order valence-electron chi connectivity index (χ1n) is 8.96. The summed E-state index contributed by atoms with van der Waals surface area (Å²) >= 11 is 0. The smallest absolute Gasteiger partial charge is 0.248 e. The topological polar surface area (TPSA) is 72.2 Å². The van der Waals surface area contributed by atoms with Crippen molar-refractivity contribution in [3.8, 4) is 0 Å². The van der Waals surface area contributed by atoms with Crippen LogP contribution in [-0.4, -0.2) is 11.8 Å². The van der Waals surface area contributed by atoms with E-state index in [4.69, 9.17) is 5.73 Å². The SMILES string of the molecule is NC(=O)c1cccc([C@H]2CC[C@H](CC(=O)Nc3ccc(F)cc3)CC2)c1. The Kier molecular flexibility index (Phi) is 5.66. The molecule has 1 aliphatic carbocycles. The molecule has 26 heavy (non-hydrogen) atoms. The van der Waals surface area contributed by atoms with Gasteiger partial charge in [0.05, 0.1) is 0 Å². The van der Waals surface area contributed by atoms with Crippen molar-refractivity contribution in [2.45, 2.75) is 38.0 Å². The van der Waals surface area contributed by atoms with Crippen LogP contribution in [0.15, 0.2) is 48.5 Å². The third-order valence-electron chi connectivity index (χ3n) is 5.09. The zero-order chi connectivity index (χ0) is 18.5. The molecule has 0 atom stereocenters. The second-order valence-electron chi connectivity index (χ2n) is 6.97. The number of nitrogens with two attached hydrogens (primary N) is 1. The minimum atomic E-state index is -0.405. The molecule has 0 saturated heterocycles. The number of carbonyl (C=O) groups excluding carboxylic acids is 2. The van der Waals surface area contributed by atoms with Crippen molar-refractivity contribution in [3.63, 3.8) is 0 Å². The van der Waals surface area contributed by atoms with Gasteiger partial charge in [0.1, 0.15) is 5.82 Å². The Morgan fingerprint density at radius 1 is 1.04 bits per heavy atom. The molecule has 2 amide bonds. The lowest BCUT2D eigenvalue weighted by Gasteiger charge is -2.28. The number of amides is 2. The Bertz CT molecular complexity index is 781. The van der Waals surface area contributed by atoms with Crippen molar-refractivity contribution in [2.24, 2.45) is 11.7 Å². The summed E-state index contributed by atoms with van der Waals surface area (Å²) in [6.07, 6.45) is 4.42. The van der Waals surface area contributed by atoms with E-state index in [0.717, 1.165) is 31.2 Å². The summed E-state index contributed by atoms with van der Waals surface area (Å²) in [5.41, 5.74) is 7.67. The van der Waals surface area contributed by atoms with E-state index in [1.165, 1.54) is 12.1 Å². The summed E-state index contributed by atoms with van der Waals surface area (Å²) in [7, 11) is 0. The van der Waals surface area contributed by atoms with Crippen molar-refractivity contribution in [2.75, 3.05) is 5.32 Å². The minimum Gasteiger partial charge on any atom is -0.366 e. The summed E-state index contributed by atoms with van der Waals surface area (Å²) in [5.74, 6) is 0.00671. The van der Waals surface area contributed by atoms with E-state index in [1.54, 1.807) is 18.2 Å². The highest BCUT2D eigenvalue weighted by molar-refractivity contribution is 5.93. The number of primary amides is 1. The second-order valence-corrected chi connectivity index (χ2v) is 6.97. The highest BCUT2D eigenvalue weighted by Crippen LogP contribution is 2.37. The zero-order valence-electron chi connectivity index (χ0n) is 14.6. The summed E-state index contributed by atoms with van der Waals surface area (Å²) in [5, 5.41) is 2.82. The van der Waals surface area contributed by atoms with Crippen molar-refractivity contribution in [1.82, 2.24) is 0 Å². The van der Waals surface area contributed by atoms with E-state index >= 15 is 0 Å². The van der Waals surface area contributed by atoms with Crippen LogP contribution < -0.4 is 11.1 Å². The number of benzene rings is 2. The molecule has 1 saturated carbocycles. The van der Waals surface area contributed by atoms with Crippen LogP contribution in [0.2, 0.25) is 0 Å². The molecule has 0 bridgehead atoms. The molecule has 4 nitrogen and oxygen atoms in total. The van der Waals surface area contributed by atoms with Gasteiger partial charge in [-0.05, 0) is 79.5 Å². The van der Waals surface area contributed by atoms with Gasteiger partial charge in [-0.2, -0.15) is 0 Å². The number of rotatable bonds is 5. The Morgan fingerprint density at radius 2 is 1.73 bits per heavy atom. The van der Waals surface area contributed by atoms with Gasteiger partial charge in [0.2, 0.25) is 11.8 Å². The number of hydrogen-bond donors (Lipinski definition) is 2. The number of hydrogen-bond acceptors (Lipinski definition) is 2. The Balaban J connectivity index is 1.50. The molecule has 2 aromatic rings. The molecule has 0 radical (unpaired) electrons. The maximum absolute atomic E-state index is 12.9. The van der Waals surface area contributed by atoms with Crippen LogP contribution in [0.5, 0.6) is 0 Å². The highest BCUT2D eigenvalue weighted by Gasteiger charge is 2.24. The summed E-state index contributed by atoms with van der Waals surface area (Å²) in [4.78, 5) is 23.5. The van der Waals surface area contributed by atoms with Crippen molar-refractivity contribution in [3.05, 3.63) is 65.5 Å². The first kappa shape index (κ1) is 18.1. The predicted molar refractivity (Wildman–Crippen MR) is 99.3 cm³/mol. The van der Waals surface area contributed by atoms with Gasteiger partial charge in [0.25, 0.3) is 0 Å². The molecule has 1 fully saturated rings. The van der Waals surface area contributed by atoms with Crippen LogP contribution in [0.25, 0.3) is 0 Å². The van der Waals surface area contributed by atoms with Crippen LogP contribution in [0.4, 0.5) is 10.1 Å². The summed E-state index contributed by atoms with van der Waals surface area (Å²) in [6.45, 7) is 0. The molecule has 0 heterocycles. The van der Waals surface area contributed by atoms with Gasteiger partial charge >= 0.3 is 0 Å². The van der Waals surface area contributed by atoms with E-state index in [2.05, 4.69) is 5.32 Å². The average Bonchev–Trinajstić information content (AvgIpc) is 2.64. The molecule has 136 valence electrons. The lowest BCUT2D eigenvalue weighted by Crippen LogP contribution is -2.20. The third-order valence-corrected chi connectivity index (χ3v) is 5.09. The predicted octanol–water partition coefficient (Wildman–Crippen LogP) is 4.23. The van der Waals surface area contributed by atoms with Crippen LogP contribution in [0.1, 0.15) is 53.9 Å². The molecular weight excluding hydrogens is 331 g/mol. The molecule has 0 aromatic heterocycles. The minimum absolute atomic E-state index is 0.0317. The van der Waals surface area contributed by atoms with Crippen molar-refractivity contribution < 1.29 is 14.0 Å². The third kappa shape index (κ3) is 4.69. The highest BCUT2D eigenvalue weighted by atomic mass is 19.1. The van der Waals surface area contributed by atoms with Crippen LogP contribution in [0, 0.1) is 11.7 Å². The molecule has 3 rings (SSSR count). The maximum Gasteiger partial charge on any atom is 0.248 e. The van der Waals surface area contributed by atoms with E-state index in [0.29, 0.717) is 29.5 Å². The fraction of sp³-hybridized carbons (Fsp3) is 0.333. The lowest BCUT2D eigenvalue weighted by molar-refractivity contribution is -0.117. The van der Waals surface area contributed by atoms with E-state index in [9.17, 15) is 14.0 Å². The molecule has 0 aliphatic heterocycles. The lowest BCUT2D eigenvalue weighted by atomic mass is 9.77. The molecule has 3 N–H and O–H groups in total. The van der Waals surface area contributed by atoms with Gasteiger partial charge in [0, 0.05) is 17.7 Å². The van der Waals surface area contributed by atoms with Gasteiger partial charge in [0.15, 0.2) is 0 Å². The number of anilines is 1. The van der Waals surface area contributed by atoms with Crippen molar-refractivity contribution >= 4 is 17.5 Å². The van der Waals surface area contributed by atoms with Crippen LogP contribution in [0.3, 0.4) is 0 Å². The Hall–Kier alpha value is -2.69. The second kappa shape index (κ2) is 8.13. The zero-order valence-corrected chi connectivity index (χ0v) is 14.6. The van der Waals surface area contributed by atoms with Crippen LogP contribution >= 0.6 is 0 Å². The fourth-order valence-corrected chi connectivity index (χ4v) is 3.65. The van der Waals surface area contributed by atoms with E-state index < -0.39 is 5.91 Å². The van der Waals surface area contributed by atoms with Crippen LogP contribution in [-0.2, 0) is 4.79 Å². The molecule has 0 unspecified atom stereocenters. The first-order chi connectivity index (χ1) is 12.5. The maximum atomic E-state index is 12.9. The summed E-state index contributed by atoms with van der Waals surface area (Å²) in [6, 6.07) is 13.3. The van der Waals surface area contributed by atoms with Gasteiger partial charge < -0.3 is 11.1 Å². The molecular formula is C21H23FN2O2. The standard InChI is InChI=1S/C21H23FN2O2/c22-18-8-10-19(11-9-18)24-20(25)12-14-4-6-15(7-5-14)16-2-1-3-17(13-16)21(23)26/h1-3,8-11,13-15H,4-7,12H2,(H2,23,26)(H,24,25)/t14-,15-. The van der Waals surface area contributed by atoms with Gasteiger partial charge in [-0.3, -0.25) is 9.59 Å². The molecule has 1 aliphatic rings. The number of nitrogens with one attached hydrogen (secondary N) is 1. The molecule has 5 heteroatoms. The van der Waals surface area contributed by atoms with Gasteiger partial charge in [-0.15, -0.1) is 0 Å². The Morgan fingerprint density at radius 3 is 2.38 bits per heavy atom. The monoisotopic (exact) mass is 354 g/mol. The number of carbonyl (C=O) groups is 2. The van der Waals surface area contributed by atoms with E-state index in [1.807, 2.05) is 18.2 Å². The van der Waals surface area contributed by atoms with Gasteiger partial charge in [-0.1, -0.05) is 12.1 Å².